The molecule has 0 bridgehead atoms. The van der Waals surface area contributed by atoms with Crippen LogP contribution in [0.4, 0.5) is 5.69 Å². The topological polar surface area (TPSA) is 41.1 Å². The van der Waals surface area contributed by atoms with Crippen molar-refractivity contribution < 1.29 is 4.79 Å². The highest BCUT2D eigenvalue weighted by atomic mass is 35.5. The zero-order chi connectivity index (χ0) is 18.4. The zero-order valence-corrected chi connectivity index (χ0v) is 15.3. The summed E-state index contributed by atoms with van der Waals surface area (Å²) in [6.45, 7) is 1.85. The van der Waals surface area contributed by atoms with Crippen LogP contribution in [0.15, 0.2) is 84.9 Å². The average molecular weight is 365 g/mol. The summed E-state index contributed by atoms with van der Waals surface area (Å²) < 4.78 is 0. The van der Waals surface area contributed by atoms with Crippen molar-refractivity contribution in [1.29, 1.82) is 0 Å². The van der Waals surface area contributed by atoms with Gasteiger partial charge in [-0.15, -0.1) is 0 Å². The van der Waals surface area contributed by atoms with Crippen molar-refractivity contribution in [2.75, 3.05) is 5.32 Å². The number of amides is 1. The number of nitrogens with one attached hydrogen (secondary N) is 2. The summed E-state index contributed by atoms with van der Waals surface area (Å²) >= 11 is 6.14. The Labute approximate surface area is 159 Å². The maximum absolute atomic E-state index is 12.6. The number of hydrogen-bond acceptors (Lipinski definition) is 2. The number of halogens is 1. The van der Waals surface area contributed by atoms with Gasteiger partial charge in [-0.25, -0.2) is 0 Å². The van der Waals surface area contributed by atoms with Gasteiger partial charge in [-0.1, -0.05) is 84.4 Å². The first kappa shape index (κ1) is 18.2. The number of rotatable bonds is 6. The lowest BCUT2D eigenvalue weighted by atomic mass is 9.98. The number of benzene rings is 3. The monoisotopic (exact) mass is 364 g/mol. The van der Waals surface area contributed by atoms with Crippen molar-refractivity contribution in [1.82, 2.24) is 5.32 Å². The minimum atomic E-state index is -0.406. The van der Waals surface area contributed by atoms with Gasteiger partial charge >= 0.3 is 0 Å². The molecule has 0 aliphatic rings. The van der Waals surface area contributed by atoms with E-state index in [0.717, 1.165) is 11.1 Å². The Kier molecular flexibility index (Phi) is 6.05. The summed E-state index contributed by atoms with van der Waals surface area (Å²) in [7, 11) is 0. The van der Waals surface area contributed by atoms with E-state index in [4.69, 9.17) is 11.6 Å². The number of carbonyl (C=O) groups excluding carboxylic acids is 1. The van der Waals surface area contributed by atoms with E-state index in [9.17, 15) is 4.79 Å². The highest BCUT2D eigenvalue weighted by Gasteiger charge is 2.21. The second-order valence-corrected chi connectivity index (χ2v) is 6.52. The van der Waals surface area contributed by atoms with E-state index in [1.165, 1.54) is 0 Å². The molecule has 0 aromatic heterocycles. The van der Waals surface area contributed by atoms with Crippen LogP contribution in [-0.2, 0) is 4.79 Å². The number of hydrogen-bond donors (Lipinski definition) is 2. The van der Waals surface area contributed by atoms with E-state index >= 15 is 0 Å². The molecule has 0 aliphatic carbocycles. The molecule has 0 radical (unpaired) electrons. The quantitative estimate of drug-likeness (QED) is 0.642. The fourth-order valence-corrected chi connectivity index (χ4v) is 2.99. The fraction of sp³-hybridized carbons (Fsp3) is 0.136. The van der Waals surface area contributed by atoms with Crippen LogP contribution in [-0.4, -0.2) is 11.9 Å². The Bertz CT molecular complexity index is 813. The molecule has 0 unspecified atom stereocenters. The summed E-state index contributed by atoms with van der Waals surface area (Å²) in [5, 5.41) is 6.84. The maximum atomic E-state index is 12.6. The highest BCUT2D eigenvalue weighted by molar-refractivity contribution is 6.33. The molecule has 26 heavy (non-hydrogen) atoms. The van der Waals surface area contributed by atoms with Crippen LogP contribution in [0.2, 0.25) is 5.02 Å². The van der Waals surface area contributed by atoms with Crippen molar-refractivity contribution in [2.24, 2.45) is 0 Å². The SMILES string of the molecule is C[C@H](NC(c1ccccc1)c1ccccc1)C(=O)Nc1ccccc1Cl. The lowest BCUT2D eigenvalue weighted by molar-refractivity contribution is -0.117. The van der Waals surface area contributed by atoms with Gasteiger partial charge in [0.15, 0.2) is 0 Å². The second kappa shape index (κ2) is 8.65. The van der Waals surface area contributed by atoms with Crippen LogP contribution >= 0.6 is 11.6 Å². The predicted molar refractivity (Wildman–Crippen MR) is 107 cm³/mol. The molecule has 0 aliphatic heterocycles. The second-order valence-electron chi connectivity index (χ2n) is 6.11. The summed E-state index contributed by atoms with van der Waals surface area (Å²) in [6, 6.07) is 27.0. The number of anilines is 1. The van der Waals surface area contributed by atoms with Crippen molar-refractivity contribution in [3.05, 3.63) is 101 Å². The minimum absolute atomic E-state index is 0.0793. The molecule has 3 rings (SSSR count). The van der Waals surface area contributed by atoms with Gasteiger partial charge in [0.1, 0.15) is 0 Å². The Hall–Kier alpha value is -2.62. The molecule has 2 N–H and O–H groups in total. The maximum Gasteiger partial charge on any atom is 0.241 e. The molecule has 1 amide bonds. The van der Waals surface area contributed by atoms with Gasteiger partial charge in [-0.2, -0.15) is 0 Å². The molecule has 0 heterocycles. The minimum Gasteiger partial charge on any atom is -0.323 e. The molecule has 3 nitrogen and oxygen atoms in total. The van der Waals surface area contributed by atoms with Crippen LogP contribution in [0, 0.1) is 0 Å². The van der Waals surface area contributed by atoms with Crippen LogP contribution in [0.3, 0.4) is 0 Å². The molecule has 4 heteroatoms. The van der Waals surface area contributed by atoms with E-state index in [2.05, 4.69) is 34.9 Å². The summed E-state index contributed by atoms with van der Waals surface area (Å²) in [4.78, 5) is 12.6. The Morgan fingerprint density at radius 2 is 1.31 bits per heavy atom. The first-order chi connectivity index (χ1) is 12.6. The summed E-state index contributed by atoms with van der Waals surface area (Å²) in [6.07, 6.45) is 0. The van der Waals surface area contributed by atoms with Gasteiger partial charge in [0.05, 0.1) is 22.8 Å². The van der Waals surface area contributed by atoms with Gasteiger partial charge < -0.3 is 5.32 Å². The van der Waals surface area contributed by atoms with Crippen LogP contribution in [0.5, 0.6) is 0 Å². The first-order valence-corrected chi connectivity index (χ1v) is 8.94. The Morgan fingerprint density at radius 3 is 1.85 bits per heavy atom. The standard InChI is InChI=1S/C22H21ClN2O/c1-16(22(26)25-20-15-9-8-14-19(20)23)24-21(17-10-4-2-5-11-17)18-12-6-3-7-13-18/h2-16,21,24H,1H3,(H,25,26)/t16-/m0/s1. The van der Waals surface area contributed by atoms with Crippen molar-refractivity contribution >= 4 is 23.2 Å². The largest absolute Gasteiger partial charge is 0.323 e. The molecule has 3 aromatic carbocycles. The van der Waals surface area contributed by atoms with Crippen molar-refractivity contribution in [2.45, 2.75) is 19.0 Å². The molecule has 1 atom stereocenters. The van der Waals surface area contributed by atoms with E-state index in [1.54, 1.807) is 12.1 Å². The molecule has 0 saturated carbocycles. The van der Waals surface area contributed by atoms with E-state index < -0.39 is 6.04 Å². The smallest absolute Gasteiger partial charge is 0.241 e. The summed E-state index contributed by atoms with van der Waals surface area (Å²) in [5.41, 5.74) is 2.83. The third-order valence-corrected chi connectivity index (χ3v) is 4.54. The lowest BCUT2D eigenvalue weighted by Gasteiger charge is -2.24. The van der Waals surface area contributed by atoms with Crippen LogP contribution in [0.25, 0.3) is 0 Å². The van der Waals surface area contributed by atoms with Crippen molar-refractivity contribution in [3.8, 4) is 0 Å². The molecule has 0 spiro atoms. The first-order valence-electron chi connectivity index (χ1n) is 8.56. The molecular formula is C22H21ClN2O. The molecule has 3 aromatic rings. The number of carbonyl (C=O) groups is 1. The molecule has 132 valence electrons. The molecule has 0 saturated heterocycles. The van der Waals surface area contributed by atoms with Gasteiger partial charge in [0.2, 0.25) is 5.91 Å². The van der Waals surface area contributed by atoms with E-state index in [-0.39, 0.29) is 11.9 Å². The normalized spacial score (nSPS) is 12.0. The highest BCUT2D eigenvalue weighted by Crippen LogP contribution is 2.23. The van der Waals surface area contributed by atoms with Gasteiger partial charge in [-0.05, 0) is 30.2 Å². The predicted octanol–water partition coefficient (Wildman–Crippen LogP) is 5.05. The van der Waals surface area contributed by atoms with Gasteiger partial charge in [0.25, 0.3) is 0 Å². The Morgan fingerprint density at radius 1 is 0.808 bits per heavy atom. The Balaban J connectivity index is 1.78. The van der Waals surface area contributed by atoms with Gasteiger partial charge in [0, 0.05) is 0 Å². The third kappa shape index (κ3) is 4.51. The van der Waals surface area contributed by atoms with Gasteiger partial charge in [-0.3, -0.25) is 10.1 Å². The average Bonchev–Trinajstić information content (AvgIpc) is 2.69. The molecular weight excluding hydrogens is 344 g/mol. The van der Waals surface area contributed by atoms with E-state index in [0.29, 0.717) is 10.7 Å². The summed E-state index contributed by atoms with van der Waals surface area (Å²) in [5.74, 6) is -0.130. The number of para-hydroxylation sites is 1. The van der Waals surface area contributed by atoms with E-state index in [1.807, 2.05) is 55.5 Å². The third-order valence-electron chi connectivity index (χ3n) is 4.21. The van der Waals surface area contributed by atoms with Crippen molar-refractivity contribution in [3.63, 3.8) is 0 Å². The van der Waals surface area contributed by atoms with Crippen LogP contribution < -0.4 is 10.6 Å². The lowest BCUT2D eigenvalue weighted by Crippen LogP contribution is -2.40. The zero-order valence-electron chi connectivity index (χ0n) is 14.5. The fourth-order valence-electron chi connectivity index (χ4n) is 2.81. The molecule has 0 fully saturated rings. The van der Waals surface area contributed by atoms with Crippen LogP contribution in [0.1, 0.15) is 24.1 Å².